The van der Waals surface area contributed by atoms with E-state index in [-0.39, 0.29) is 22.3 Å². The van der Waals surface area contributed by atoms with Crippen LogP contribution >= 0.6 is 27.5 Å². The number of amides is 3. The molecule has 0 spiro atoms. The number of esters is 1. The van der Waals surface area contributed by atoms with Gasteiger partial charge in [0.25, 0.3) is 17.7 Å². The minimum absolute atomic E-state index is 0.0925. The van der Waals surface area contributed by atoms with Gasteiger partial charge in [-0.15, -0.1) is 0 Å². The van der Waals surface area contributed by atoms with Gasteiger partial charge in [0, 0.05) is 15.7 Å². The van der Waals surface area contributed by atoms with Crippen molar-refractivity contribution in [2.45, 2.75) is 19.8 Å². The van der Waals surface area contributed by atoms with Crippen molar-refractivity contribution in [3.8, 4) is 0 Å². The van der Waals surface area contributed by atoms with E-state index >= 15 is 0 Å². The van der Waals surface area contributed by atoms with Gasteiger partial charge in [0.05, 0.1) is 23.5 Å². The monoisotopic (exact) mass is 595 g/mol. The highest BCUT2D eigenvalue weighted by molar-refractivity contribution is 9.10. The van der Waals surface area contributed by atoms with Gasteiger partial charge < -0.3 is 15.4 Å². The molecule has 10 heteroatoms. The van der Waals surface area contributed by atoms with Crippen molar-refractivity contribution in [2.75, 3.05) is 22.1 Å². The lowest BCUT2D eigenvalue weighted by atomic mass is 10.2. The molecule has 0 bridgehead atoms. The number of nitrogens with one attached hydrogen (secondary N) is 2. The highest BCUT2D eigenvalue weighted by Crippen LogP contribution is 2.30. The van der Waals surface area contributed by atoms with Crippen molar-refractivity contribution >= 4 is 68.3 Å². The third-order valence-corrected chi connectivity index (χ3v) is 6.70. The van der Waals surface area contributed by atoms with Crippen LogP contribution in [-0.4, -0.2) is 30.3 Å². The number of halogens is 2. The smallest absolute Gasteiger partial charge is 0.338 e. The van der Waals surface area contributed by atoms with E-state index < -0.39 is 17.8 Å². The van der Waals surface area contributed by atoms with Gasteiger partial charge in [0.1, 0.15) is 10.7 Å². The lowest BCUT2D eigenvalue weighted by Crippen LogP contribution is -2.32. The van der Waals surface area contributed by atoms with E-state index in [1.807, 2.05) is 25.1 Å². The lowest BCUT2D eigenvalue weighted by molar-refractivity contribution is -0.120. The molecule has 0 atom stereocenters. The Labute approximate surface area is 232 Å². The molecule has 1 heterocycles. The summed E-state index contributed by atoms with van der Waals surface area (Å²) in [5, 5.41) is 5.42. The number of para-hydroxylation sites is 1. The number of imide groups is 1. The van der Waals surface area contributed by atoms with Crippen LogP contribution in [0.25, 0.3) is 0 Å². The Bertz CT molecular complexity index is 1420. The first-order chi connectivity index (χ1) is 18.3. The normalized spacial score (nSPS) is 13.1. The number of rotatable bonds is 9. The number of carbonyl (C=O) groups excluding carboxylic acids is 4. The first kappa shape index (κ1) is 27.1. The zero-order valence-electron chi connectivity index (χ0n) is 20.3. The predicted molar refractivity (Wildman–Crippen MR) is 149 cm³/mol. The number of carbonyl (C=O) groups is 4. The Morgan fingerprint density at radius 3 is 2.24 bits per heavy atom. The minimum atomic E-state index is -0.693. The summed E-state index contributed by atoms with van der Waals surface area (Å²) in [5.74, 6) is -2.12. The van der Waals surface area contributed by atoms with Crippen LogP contribution in [-0.2, 0) is 14.3 Å². The van der Waals surface area contributed by atoms with E-state index in [9.17, 15) is 19.2 Å². The standard InChI is InChI=1S/C28H23BrClN3O5/c1-2-3-16-38-28(37)18-10-14-20(15-11-18)33-26(35)23(30)24(27(33)36)31-19-12-8-17(9-13-19)25(34)32-22-7-5-4-6-21(22)29/h4-15,31H,2-3,16H2,1H3,(H,32,34). The molecule has 8 nitrogen and oxygen atoms in total. The van der Waals surface area contributed by atoms with Crippen LogP contribution in [0.15, 0.2) is 88.0 Å². The van der Waals surface area contributed by atoms with E-state index in [4.69, 9.17) is 16.3 Å². The van der Waals surface area contributed by atoms with Gasteiger partial charge in [-0.2, -0.15) is 0 Å². The molecular formula is C28H23BrClN3O5. The molecule has 0 unspecified atom stereocenters. The molecule has 1 aliphatic rings. The number of hydrogen-bond donors (Lipinski definition) is 2. The molecule has 4 rings (SSSR count). The maximum atomic E-state index is 13.1. The van der Waals surface area contributed by atoms with Crippen LogP contribution in [0.3, 0.4) is 0 Å². The van der Waals surface area contributed by atoms with E-state index in [0.29, 0.717) is 29.1 Å². The lowest BCUT2D eigenvalue weighted by Gasteiger charge is -2.15. The maximum absolute atomic E-state index is 13.1. The van der Waals surface area contributed by atoms with Crippen LogP contribution in [0.5, 0.6) is 0 Å². The minimum Gasteiger partial charge on any atom is -0.462 e. The summed E-state index contributed by atoms with van der Waals surface area (Å²) in [5.41, 5.74) is 1.97. The summed E-state index contributed by atoms with van der Waals surface area (Å²) < 4.78 is 5.94. The van der Waals surface area contributed by atoms with E-state index in [1.54, 1.807) is 30.3 Å². The summed E-state index contributed by atoms with van der Waals surface area (Å²) in [6.07, 6.45) is 1.67. The molecule has 0 fully saturated rings. The number of benzene rings is 3. The van der Waals surface area contributed by atoms with Crippen LogP contribution in [0, 0.1) is 0 Å². The van der Waals surface area contributed by atoms with E-state index in [1.165, 1.54) is 24.3 Å². The molecule has 1 aliphatic heterocycles. The highest BCUT2D eigenvalue weighted by atomic mass is 79.9. The van der Waals surface area contributed by atoms with Crippen molar-refractivity contribution in [2.24, 2.45) is 0 Å². The first-order valence-corrected chi connectivity index (χ1v) is 13.0. The summed E-state index contributed by atoms with van der Waals surface area (Å²) in [7, 11) is 0. The van der Waals surface area contributed by atoms with Crippen molar-refractivity contribution in [1.82, 2.24) is 0 Å². The quantitative estimate of drug-likeness (QED) is 0.176. The Balaban J connectivity index is 1.43. The third-order valence-electron chi connectivity index (χ3n) is 5.66. The van der Waals surface area contributed by atoms with Crippen LogP contribution in [0.2, 0.25) is 0 Å². The van der Waals surface area contributed by atoms with Crippen LogP contribution < -0.4 is 15.5 Å². The van der Waals surface area contributed by atoms with E-state index in [2.05, 4.69) is 26.6 Å². The van der Waals surface area contributed by atoms with Gasteiger partial charge >= 0.3 is 5.97 Å². The van der Waals surface area contributed by atoms with Crippen molar-refractivity contribution in [3.05, 3.63) is 99.1 Å². The molecule has 2 N–H and O–H groups in total. The summed E-state index contributed by atoms with van der Waals surface area (Å²) >= 11 is 9.61. The van der Waals surface area contributed by atoms with Crippen molar-refractivity contribution < 1.29 is 23.9 Å². The highest BCUT2D eigenvalue weighted by Gasteiger charge is 2.39. The van der Waals surface area contributed by atoms with Gasteiger partial charge in [-0.3, -0.25) is 14.4 Å². The molecule has 194 valence electrons. The molecular weight excluding hydrogens is 574 g/mol. The van der Waals surface area contributed by atoms with Gasteiger partial charge in [0.2, 0.25) is 0 Å². The van der Waals surface area contributed by atoms with Gasteiger partial charge in [-0.1, -0.05) is 37.1 Å². The molecule has 3 amide bonds. The van der Waals surface area contributed by atoms with Crippen LogP contribution in [0.1, 0.15) is 40.5 Å². The fraction of sp³-hybridized carbons (Fsp3) is 0.143. The number of ether oxygens (including phenoxy) is 1. The Morgan fingerprint density at radius 1 is 0.921 bits per heavy atom. The number of hydrogen-bond acceptors (Lipinski definition) is 6. The fourth-order valence-electron chi connectivity index (χ4n) is 3.59. The molecule has 0 radical (unpaired) electrons. The van der Waals surface area contributed by atoms with Gasteiger partial charge in [0.15, 0.2) is 0 Å². The van der Waals surface area contributed by atoms with Gasteiger partial charge in [-0.05, 0) is 83.0 Å². The Morgan fingerprint density at radius 2 is 1.58 bits per heavy atom. The first-order valence-electron chi connectivity index (χ1n) is 11.8. The molecule has 0 aromatic heterocycles. The van der Waals surface area contributed by atoms with Crippen molar-refractivity contribution in [3.63, 3.8) is 0 Å². The fourth-order valence-corrected chi connectivity index (χ4v) is 4.19. The second kappa shape index (κ2) is 12.1. The molecule has 0 aliphatic carbocycles. The summed E-state index contributed by atoms with van der Waals surface area (Å²) in [4.78, 5) is 51.5. The molecule has 0 saturated carbocycles. The second-order valence-electron chi connectivity index (χ2n) is 8.31. The largest absolute Gasteiger partial charge is 0.462 e. The Kier molecular flexibility index (Phi) is 8.60. The number of unbranched alkanes of at least 4 members (excludes halogenated alkanes) is 1. The summed E-state index contributed by atoms with van der Waals surface area (Å²) in [6.45, 7) is 2.32. The average Bonchev–Trinajstić information content (AvgIpc) is 3.13. The van der Waals surface area contributed by atoms with E-state index in [0.717, 1.165) is 22.2 Å². The zero-order chi connectivity index (χ0) is 27.2. The number of anilines is 3. The Hall–Kier alpha value is -3.95. The van der Waals surface area contributed by atoms with Gasteiger partial charge in [-0.25, -0.2) is 9.69 Å². The van der Waals surface area contributed by atoms with Crippen molar-refractivity contribution in [1.29, 1.82) is 0 Å². The average molecular weight is 597 g/mol. The zero-order valence-corrected chi connectivity index (χ0v) is 22.6. The topological polar surface area (TPSA) is 105 Å². The predicted octanol–water partition coefficient (Wildman–Crippen LogP) is 6.09. The maximum Gasteiger partial charge on any atom is 0.338 e. The molecule has 38 heavy (non-hydrogen) atoms. The second-order valence-corrected chi connectivity index (χ2v) is 9.54. The third kappa shape index (κ3) is 5.95. The summed E-state index contributed by atoms with van der Waals surface area (Å²) in [6, 6.07) is 19.6. The SMILES string of the molecule is CCCCOC(=O)c1ccc(N2C(=O)C(Cl)=C(Nc3ccc(C(=O)Nc4ccccc4Br)cc3)C2=O)cc1. The molecule has 0 saturated heterocycles. The number of nitrogens with zero attached hydrogens (tertiary/aromatic N) is 1. The molecule has 3 aromatic rings. The molecule has 3 aromatic carbocycles. The van der Waals surface area contributed by atoms with Crippen LogP contribution in [0.4, 0.5) is 17.1 Å².